The molecule has 41 heavy (non-hydrogen) atoms. The van der Waals surface area contributed by atoms with Crippen molar-refractivity contribution >= 4 is 33.4 Å². The molecule has 0 saturated carbocycles. The standard InChI is InChI=1S/C32H37BrN4O2.C2H6/c1-36-22-32(27-8-4-5-9-29(27)36)16-18-37(19-17-32)31(39)28(20-23-10-13-26(33)14-11-23)35-30(38)15-12-24-6-2-3-7-25(24)21-34;1-2/h2-11,13-14,28H,12,15-22,34H2,1H3,(H,35,38);1-2H3/t28-;/m1./s1. The highest BCUT2D eigenvalue weighted by Gasteiger charge is 2.44. The second kappa shape index (κ2) is 14.1. The molecule has 7 heteroatoms. The summed E-state index contributed by atoms with van der Waals surface area (Å²) in [5.74, 6) is -0.111. The van der Waals surface area contributed by atoms with Crippen molar-refractivity contribution in [3.05, 3.63) is 99.5 Å². The third-order valence-electron chi connectivity index (χ3n) is 8.40. The smallest absolute Gasteiger partial charge is 0.245 e. The van der Waals surface area contributed by atoms with Gasteiger partial charge in [0, 0.05) is 61.6 Å². The summed E-state index contributed by atoms with van der Waals surface area (Å²) in [5.41, 5.74) is 11.8. The second-order valence-corrected chi connectivity index (χ2v) is 11.8. The minimum atomic E-state index is -0.601. The van der Waals surface area contributed by atoms with E-state index in [9.17, 15) is 9.59 Å². The first kappa shape index (κ1) is 30.8. The monoisotopic (exact) mass is 618 g/mol. The van der Waals surface area contributed by atoms with Crippen LogP contribution >= 0.6 is 15.9 Å². The van der Waals surface area contributed by atoms with Gasteiger partial charge in [-0.15, -0.1) is 0 Å². The Morgan fingerprint density at radius 2 is 1.59 bits per heavy atom. The highest BCUT2D eigenvalue weighted by Crippen LogP contribution is 2.46. The molecule has 3 aromatic rings. The molecule has 2 amide bonds. The predicted octanol–water partition coefficient (Wildman–Crippen LogP) is 5.60. The Kier molecular flexibility index (Phi) is 10.6. The van der Waals surface area contributed by atoms with E-state index >= 15 is 0 Å². The van der Waals surface area contributed by atoms with Crippen LogP contribution in [0.2, 0.25) is 0 Å². The van der Waals surface area contributed by atoms with E-state index < -0.39 is 6.04 Å². The van der Waals surface area contributed by atoms with Crippen LogP contribution in [0, 0.1) is 0 Å². The molecule has 5 rings (SSSR count). The minimum absolute atomic E-state index is 0.00288. The number of hydrogen-bond acceptors (Lipinski definition) is 4. The van der Waals surface area contributed by atoms with E-state index in [0.717, 1.165) is 40.5 Å². The van der Waals surface area contributed by atoms with Crippen molar-refractivity contribution in [1.29, 1.82) is 0 Å². The highest BCUT2D eigenvalue weighted by atomic mass is 79.9. The van der Waals surface area contributed by atoms with Gasteiger partial charge in [-0.1, -0.05) is 84.4 Å². The van der Waals surface area contributed by atoms with Gasteiger partial charge in [-0.3, -0.25) is 9.59 Å². The van der Waals surface area contributed by atoms with Crippen molar-refractivity contribution in [2.75, 3.05) is 31.6 Å². The average Bonchev–Trinajstić information content (AvgIpc) is 3.28. The van der Waals surface area contributed by atoms with Crippen LogP contribution in [0.3, 0.4) is 0 Å². The number of carbonyl (C=O) groups excluding carboxylic acids is 2. The van der Waals surface area contributed by atoms with Gasteiger partial charge in [0.05, 0.1) is 0 Å². The predicted molar refractivity (Wildman–Crippen MR) is 171 cm³/mol. The number of fused-ring (bicyclic) bond motifs is 2. The van der Waals surface area contributed by atoms with Crippen molar-refractivity contribution in [2.45, 2.75) is 64.0 Å². The Morgan fingerprint density at radius 1 is 0.951 bits per heavy atom. The van der Waals surface area contributed by atoms with Gasteiger partial charge in [-0.2, -0.15) is 0 Å². The molecule has 0 radical (unpaired) electrons. The number of amides is 2. The molecule has 1 fully saturated rings. The van der Waals surface area contributed by atoms with Gasteiger partial charge < -0.3 is 20.9 Å². The maximum atomic E-state index is 13.9. The Balaban J connectivity index is 0.00000189. The fourth-order valence-electron chi connectivity index (χ4n) is 6.25. The third-order valence-corrected chi connectivity index (χ3v) is 8.93. The summed E-state index contributed by atoms with van der Waals surface area (Å²) in [4.78, 5) is 31.3. The normalized spacial score (nSPS) is 16.0. The first-order chi connectivity index (χ1) is 19.9. The van der Waals surface area contributed by atoms with Gasteiger partial charge in [0.15, 0.2) is 0 Å². The number of halogens is 1. The van der Waals surface area contributed by atoms with Gasteiger partial charge in [0.25, 0.3) is 0 Å². The second-order valence-electron chi connectivity index (χ2n) is 10.9. The molecule has 1 atom stereocenters. The van der Waals surface area contributed by atoms with Crippen LogP contribution in [0.1, 0.15) is 55.4 Å². The number of benzene rings is 3. The van der Waals surface area contributed by atoms with Crippen LogP contribution < -0.4 is 16.0 Å². The van der Waals surface area contributed by atoms with E-state index in [2.05, 4.69) is 57.5 Å². The molecule has 0 unspecified atom stereocenters. The summed E-state index contributed by atoms with van der Waals surface area (Å²) in [6.07, 6.45) is 3.22. The Labute approximate surface area is 253 Å². The van der Waals surface area contributed by atoms with Crippen molar-refractivity contribution in [3.8, 4) is 0 Å². The van der Waals surface area contributed by atoms with E-state index in [1.54, 1.807) is 0 Å². The molecule has 0 bridgehead atoms. The molecule has 2 aliphatic rings. The largest absolute Gasteiger partial charge is 0.373 e. The molecule has 2 heterocycles. The van der Waals surface area contributed by atoms with Crippen LogP contribution in [-0.4, -0.2) is 49.4 Å². The number of rotatable bonds is 8. The maximum absolute atomic E-state index is 13.9. The number of nitrogens with one attached hydrogen (secondary N) is 1. The van der Waals surface area contributed by atoms with Gasteiger partial charge >= 0.3 is 0 Å². The van der Waals surface area contributed by atoms with Crippen molar-refractivity contribution < 1.29 is 9.59 Å². The molecule has 218 valence electrons. The van der Waals surface area contributed by atoms with E-state index in [1.165, 1.54) is 11.3 Å². The average molecular weight is 620 g/mol. The third kappa shape index (κ3) is 7.19. The first-order valence-corrected chi connectivity index (χ1v) is 15.6. The number of para-hydroxylation sites is 1. The molecule has 0 aromatic heterocycles. The van der Waals surface area contributed by atoms with Gasteiger partial charge in [-0.05, 0) is 59.7 Å². The van der Waals surface area contributed by atoms with Crippen LogP contribution in [-0.2, 0) is 34.4 Å². The number of carbonyl (C=O) groups is 2. The first-order valence-electron chi connectivity index (χ1n) is 14.8. The summed E-state index contributed by atoms with van der Waals surface area (Å²) in [5, 5.41) is 3.09. The molecule has 1 saturated heterocycles. The molecule has 0 aliphatic carbocycles. The van der Waals surface area contributed by atoms with Gasteiger partial charge in [0.2, 0.25) is 11.8 Å². The number of nitrogens with two attached hydrogens (primary N) is 1. The summed E-state index contributed by atoms with van der Waals surface area (Å²) < 4.78 is 0.986. The SMILES string of the molecule is CC.CN1CC2(CCN(C(=O)[C@@H](Cc3ccc(Br)cc3)NC(=O)CCc3ccccc3CN)CC2)c2ccccc21. The summed E-state index contributed by atoms with van der Waals surface area (Å²) in [6, 6.07) is 23.9. The van der Waals surface area contributed by atoms with Crippen LogP contribution in [0.4, 0.5) is 5.69 Å². The highest BCUT2D eigenvalue weighted by molar-refractivity contribution is 9.10. The number of likely N-dealkylation sites (tertiary alicyclic amines) is 1. The minimum Gasteiger partial charge on any atom is -0.373 e. The zero-order valence-corrected chi connectivity index (χ0v) is 26.1. The Bertz CT molecular complexity index is 1320. The zero-order valence-electron chi connectivity index (χ0n) is 24.5. The fourth-order valence-corrected chi connectivity index (χ4v) is 6.52. The lowest BCUT2D eigenvalue weighted by Crippen LogP contribution is -2.54. The van der Waals surface area contributed by atoms with Crippen molar-refractivity contribution in [1.82, 2.24) is 10.2 Å². The lowest BCUT2D eigenvalue weighted by molar-refractivity contribution is -0.137. The number of piperidine rings is 1. The number of nitrogens with zero attached hydrogens (tertiary/aromatic N) is 2. The molecule has 6 nitrogen and oxygen atoms in total. The topological polar surface area (TPSA) is 78.7 Å². The summed E-state index contributed by atoms with van der Waals surface area (Å²) >= 11 is 3.49. The lowest BCUT2D eigenvalue weighted by Gasteiger charge is -2.41. The van der Waals surface area contributed by atoms with Gasteiger partial charge in [0.1, 0.15) is 6.04 Å². The summed E-state index contributed by atoms with van der Waals surface area (Å²) in [7, 11) is 2.15. The number of anilines is 1. The quantitative estimate of drug-likeness (QED) is 0.344. The number of hydrogen-bond donors (Lipinski definition) is 2. The van der Waals surface area contributed by atoms with Crippen molar-refractivity contribution in [3.63, 3.8) is 0 Å². The maximum Gasteiger partial charge on any atom is 0.245 e. The van der Waals surface area contributed by atoms with Crippen LogP contribution in [0.15, 0.2) is 77.3 Å². The number of aryl methyl sites for hydroxylation is 1. The lowest BCUT2D eigenvalue weighted by atomic mass is 9.74. The zero-order chi connectivity index (χ0) is 29.4. The van der Waals surface area contributed by atoms with E-state index in [0.29, 0.717) is 38.9 Å². The fraction of sp³-hybridized carbons (Fsp3) is 0.412. The van der Waals surface area contributed by atoms with Gasteiger partial charge in [-0.25, -0.2) is 0 Å². The van der Waals surface area contributed by atoms with E-state index in [-0.39, 0.29) is 17.2 Å². The molecule has 3 aromatic carbocycles. The van der Waals surface area contributed by atoms with E-state index in [1.807, 2.05) is 67.3 Å². The van der Waals surface area contributed by atoms with E-state index in [4.69, 9.17) is 5.73 Å². The summed E-state index contributed by atoms with van der Waals surface area (Å²) in [6.45, 7) is 6.81. The Morgan fingerprint density at radius 3 is 2.27 bits per heavy atom. The molecule has 3 N–H and O–H groups in total. The molecular weight excluding hydrogens is 576 g/mol. The molecular formula is C34H43BrN4O2. The Hall–Kier alpha value is -3.16. The number of likely N-dealkylation sites (N-methyl/N-ethyl adjacent to an activating group) is 1. The molecule has 2 aliphatic heterocycles. The molecule has 1 spiro atoms. The van der Waals surface area contributed by atoms with Crippen molar-refractivity contribution in [2.24, 2.45) is 5.73 Å². The van der Waals surface area contributed by atoms with Crippen LogP contribution in [0.5, 0.6) is 0 Å². The van der Waals surface area contributed by atoms with Crippen LogP contribution in [0.25, 0.3) is 0 Å².